The number of hydrogen-bond acceptors (Lipinski definition) is 1. The molecule has 1 aliphatic rings. The van der Waals surface area contributed by atoms with Crippen molar-refractivity contribution in [2.75, 3.05) is 6.66 Å². The predicted octanol–water partition coefficient (Wildman–Crippen LogP) is 7.17. The Morgan fingerprint density at radius 3 is 1.53 bits per heavy atom. The zero-order chi connectivity index (χ0) is 15.4. The zero-order valence-corrected chi connectivity index (χ0v) is 17.5. The average Bonchev–Trinajstić information content (AvgIpc) is 2.37. The van der Waals surface area contributed by atoms with Crippen LogP contribution in [0.1, 0.15) is 69.2 Å². The fourth-order valence-electron chi connectivity index (χ4n) is 2.66. The van der Waals surface area contributed by atoms with E-state index in [4.69, 9.17) is 4.76 Å². The highest BCUT2D eigenvalue weighted by Crippen LogP contribution is 3.07. The van der Waals surface area contributed by atoms with Crippen LogP contribution in [0.4, 0.5) is 0 Å². The van der Waals surface area contributed by atoms with E-state index in [0.29, 0.717) is 15.5 Å². The first-order valence-electron chi connectivity index (χ1n) is 7.17. The van der Waals surface area contributed by atoms with Crippen molar-refractivity contribution >= 4 is 27.5 Å². The minimum absolute atomic E-state index is 0.0383. The third-order valence-corrected chi connectivity index (χ3v) is 28.5. The Kier molecular flexibility index (Phi) is 4.74. The van der Waals surface area contributed by atoms with Crippen molar-refractivity contribution in [2.45, 2.75) is 84.7 Å². The highest BCUT2D eigenvalue weighted by molar-refractivity contribution is 8.71. The molecular weight excluding hydrogens is 287 g/mol. The van der Waals surface area contributed by atoms with Crippen LogP contribution in [0.2, 0.25) is 0 Å². The van der Waals surface area contributed by atoms with Crippen molar-refractivity contribution in [2.24, 2.45) is 4.76 Å². The Balaban J connectivity index is 3.46. The third kappa shape index (κ3) is 3.10. The second-order valence-electron chi connectivity index (χ2n) is 8.70. The lowest BCUT2D eigenvalue weighted by atomic mass is 10.3. The van der Waals surface area contributed by atoms with Gasteiger partial charge in [0, 0.05) is 17.2 Å². The van der Waals surface area contributed by atoms with Crippen LogP contribution in [0.15, 0.2) is 4.76 Å². The summed E-state index contributed by atoms with van der Waals surface area (Å²) in [6.45, 7) is 25.7. The molecule has 1 aliphatic heterocycles. The summed E-state index contributed by atoms with van der Waals surface area (Å²) in [7, 11) is -0.265. The molecular formula is C15H33NP3+. The van der Waals surface area contributed by atoms with Crippen LogP contribution in [0.5, 0.6) is 0 Å². The second-order valence-corrected chi connectivity index (χ2v) is 23.5. The fourth-order valence-corrected chi connectivity index (χ4v) is 30.0. The van der Waals surface area contributed by atoms with Gasteiger partial charge in [0.2, 0.25) is 0 Å². The lowest BCUT2D eigenvalue weighted by Gasteiger charge is -2.44. The number of hydrogen-bond donors (Lipinski definition) is 0. The van der Waals surface area contributed by atoms with Gasteiger partial charge in [0.15, 0.2) is 5.45 Å². The van der Waals surface area contributed by atoms with E-state index in [0.717, 1.165) is 0 Å². The minimum atomic E-state index is -1.14. The molecule has 0 N–H and O–H groups in total. The molecule has 0 aliphatic carbocycles. The highest BCUT2D eigenvalue weighted by Gasteiger charge is 2.66. The Morgan fingerprint density at radius 2 is 1.26 bits per heavy atom. The van der Waals surface area contributed by atoms with Crippen LogP contribution < -0.4 is 0 Å². The summed E-state index contributed by atoms with van der Waals surface area (Å²) in [5, 5.41) is 1.14. The summed E-state index contributed by atoms with van der Waals surface area (Å²) in [4.78, 5) is 0. The molecule has 0 radical (unpaired) electrons. The van der Waals surface area contributed by atoms with Crippen LogP contribution in [-0.2, 0) is 0 Å². The first kappa shape index (κ1) is 18.0. The van der Waals surface area contributed by atoms with Gasteiger partial charge < -0.3 is 0 Å². The Morgan fingerprint density at radius 1 is 0.842 bits per heavy atom. The summed E-state index contributed by atoms with van der Waals surface area (Å²) >= 11 is 0. The molecule has 1 unspecified atom stereocenters. The number of rotatable bonds is 0. The van der Waals surface area contributed by atoms with E-state index in [-0.39, 0.29) is 15.1 Å². The van der Waals surface area contributed by atoms with E-state index < -0.39 is 6.95 Å². The van der Waals surface area contributed by atoms with E-state index >= 15 is 0 Å². The molecule has 4 heteroatoms. The first-order valence-corrected chi connectivity index (χ1v) is 13.4. The average molecular weight is 320 g/mol. The fraction of sp³-hybridized carbons (Fsp3) is 0.933. The molecule has 1 rings (SSSR count). The van der Waals surface area contributed by atoms with Gasteiger partial charge in [-0.05, 0) is 20.8 Å². The Hall–Kier alpha value is 0.960. The summed E-state index contributed by atoms with van der Waals surface area (Å²) in [6.07, 6.45) is 0. The highest BCUT2D eigenvalue weighted by atomic mass is 32.5. The molecule has 3 atom stereocenters. The molecule has 1 heterocycles. The molecule has 0 saturated carbocycles. The maximum Gasteiger partial charge on any atom is 0.158 e. The maximum atomic E-state index is 5.29. The molecule has 0 aromatic rings. The molecule has 1 nitrogen and oxygen atoms in total. The van der Waals surface area contributed by atoms with Crippen molar-refractivity contribution in [1.82, 2.24) is 0 Å². The Bertz CT molecular complexity index is 382. The van der Waals surface area contributed by atoms with Crippen LogP contribution in [0.3, 0.4) is 0 Å². The van der Waals surface area contributed by atoms with Crippen LogP contribution in [-0.4, -0.2) is 27.6 Å². The maximum absolute atomic E-state index is 5.29. The molecule has 0 amide bonds. The van der Waals surface area contributed by atoms with Crippen molar-refractivity contribution in [3.8, 4) is 0 Å². The van der Waals surface area contributed by atoms with Crippen LogP contribution in [0.25, 0.3) is 0 Å². The standard InChI is InChI=1S/C15H33NP3/c1-12-16-17(13(2,3)4)18(14(5,6)7)19(12,11)15(8,9)10/h1-11H3/q+1/t17-,18+,19?/m1/s1. The van der Waals surface area contributed by atoms with Crippen molar-refractivity contribution in [3.05, 3.63) is 0 Å². The van der Waals surface area contributed by atoms with Gasteiger partial charge in [-0.15, -0.1) is 0 Å². The summed E-state index contributed by atoms with van der Waals surface area (Å²) in [5.74, 6) is 0. The summed E-state index contributed by atoms with van der Waals surface area (Å²) < 4.78 is 5.29. The van der Waals surface area contributed by atoms with Gasteiger partial charge in [-0.3, -0.25) is 0 Å². The second kappa shape index (κ2) is 5.00. The third-order valence-electron chi connectivity index (χ3n) is 3.93. The summed E-state index contributed by atoms with van der Waals surface area (Å²) in [5.41, 5.74) is 1.52. The molecule has 112 valence electrons. The van der Waals surface area contributed by atoms with Crippen molar-refractivity contribution in [3.63, 3.8) is 0 Å². The van der Waals surface area contributed by atoms with E-state index in [1.165, 1.54) is 5.45 Å². The van der Waals surface area contributed by atoms with Gasteiger partial charge in [-0.2, -0.15) is 0 Å². The van der Waals surface area contributed by atoms with Crippen molar-refractivity contribution < 1.29 is 0 Å². The normalized spacial score (nSPS) is 33.5. The quantitative estimate of drug-likeness (QED) is 0.419. The molecule has 0 aromatic carbocycles. The smallest absolute Gasteiger partial charge is 0.158 e. The largest absolute Gasteiger partial charge is 0.223 e. The SMILES string of the molecule is CC1=N[P@@](C(C)(C)C)[P@](C(C)(C)C)[P+]1(C)C(C)(C)C. The van der Waals surface area contributed by atoms with E-state index in [9.17, 15) is 0 Å². The van der Waals surface area contributed by atoms with Gasteiger partial charge in [0.25, 0.3) is 0 Å². The van der Waals surface area contributed by atoms with E-state index in [1.54, 1.807) is 0 Å². The van der Waals surface area contributed by atoms with Gasteiger partial charge in [0.1, 0.15) is 7.30 Å². The van der Waals surface area contributed by atoms with Gasteiger partial charge in [0.05, 0.1) is 26.5 Å². The van der Waals surface area contributed by atoms with Gasteiger partial charge >= 0.3 is 0 Å². The van der Waals surface area contributed by atoms with Gasteiger partial charge in [-0.25, -0.2) is 4.76 Å². The Labute approximate surface area is 124 Å². The van der Waals surface area contributed by atoms with E-state index in [2.05, 4.69) is 75.9 Å². The predicted molar refractivity (Wildman–Crippen MR) is 99.1 cm³/mol. The molecule has 0 bridgehead atoms. The lowest BCUT2D eigenvalue weighted by Crippen LogP contribution is -2.26. The molecule has 0 spiro atoms. The van der Waals surface area contributed by atoms with Gasteiger partial charge in [-0.1, -0.05) is 41.5 Å². The van der Waals surface area contributed by atoms with Crippen LogP contribution >= 0.6 is 22.0 Å². The molecule has 0 saturated heterocycles. The molecule has 0 fully saturated rings. The summed E-state index contributed by atoms with van der Waals surface area (Å²) in [6, 6.07) is 0. The number of nitrogens with zero attached hydrogens (tertiary/aromatic N) is 1. The topological polar surface area (TPSA) is 12.4 Å². The first-order chi connectivity index (χ1) is 8.13. The van der Waals surface area contributed by atoms with E-state index in [1.807, 2.05) is 0 Å². The monoisotopic (exact) mass is 320 g/mol. The molecule has 0 aromatic heterocycles. The van der Waals surface area contributed by atoms with Crippen LogP contribution in [0, 0.1) is 0 Å². The molecule has 19 heavy (non-hydrogen) atoms. The lowest BCUT2D eigenvalue weighted by molar-refractivity contribution is 0.772. The zero-order valence-electron chi connectivity index (χ0n) is 14.8. The minimum Gasteiger partial charge on any atom is -0.223 e. The van der Waals surface area contributed by atoms with Crippen molar-refractivity contribution in [1.29, 1.82) is 0 Å².